The van der Waals surface area contributed by atoms with E-state index >= 15 is 0 Å². The maximum absolute atomic E-state index is 13.7. The van der Waals surface area contributed by atoms with Crippen molar-refractivity contribution in [2.24, 2.45) is 0 Å². The minimum atomic E-state index is -0.497. The number of benzene rings is 3. The average molecular weight is 628 g/mol. The Balaban J connectivity index is 1.21. The molecule has 1 aliphatic carbocycles. The van der Waals surface area contributed by atoms with Gasteiger partial charge in [-0.3, -0.25) is 4.79 Å². The molecule has 5 aromatic rings. The largest absolute Gasteiger partial charge is 0.493 e. The number of hydrogen-bond acceptors (Lipinski definition) is 10. The van der Waals surface area contributed by atoms with Gasteiger partial charge in [0.2, 0.25) is 11.7 Å². The lowest BCUT2D eigenvalue weighted by molar-refractivity contribution is -0.121. The van der Waals surface area contributed by atoms with Gasteiger partial charge >= 0.3 is 0 Å². The minimum Gasteiger partial charge on any atom is -0.493 e. The first-order valence-electron chi connectivity index (χ1n) is 14.2. The van der Waals surface area contributed by atoms with E-state index in [4.69, 9.17) is 24.9 Å². The molecule has 226 valence electrons. The summed E-state index contributed by atoms with van der Waals surface area (Å²) in [7, 11) is 4.70. The van der Waals surface area contributed by atoms with Crippen molar-refractivity contribution in [2.45, 2.75) is 31.1 Å². The lowest BCUT2D eigenvalue weighted by Crippen LogP contribution is -2.37. The molecule has 1 saturated carbocycles. The standard InChI is InChI=1S/C33H33N5O4S2/c1-40-25-17-23(18-26(41-2)27(25)42-3)36-32-38-29(34)28(44-32)30-37-24(19-43-30)20-10-9-13-22(16-20)35-31(39)33(14-7-8-15-33)21-11-5-4-6-12-21/h4-6,9-13,16-19H,7-8,14-15,34H2,1-3H3,(H,35,39)(H,36,38). The van der Waals surface area contributed by atoms with Crippen molar-refractivity contribution in [2.75, 3.05) is 37.7 Å². The number of rotatable bonds is 10. The molecule has 1 amide bonds. The predicted octanol–water partition coefficient (Wildman–Crippen LogP) is 7.74. The lowest BCUT2D eigenvalue weighted by Gasteiger charge is -2.28. The van der Waals surface area contributed by atoms with Crippen LogP contribution in [0.5, 0.6) is 17.2 Å². The summed E-state index contributed by atoms with van der Waals surface area (Å²) in [5.74, 6) is 1.99. The van der Waals surface area contributed by atoms with Gasteiger partial charge in [-0.25, -0.2) is 9.97 Å². The highest BCUT2D eigenvalue weighted by molar-refractivity contribution is 7.23. The van der Waals surface area contributed by atoms with E-state index in [1.54, 1.807) is 33.5 Å². The SMILES string of the molecule is COc1cc(Nc2nc(N)c(-c3nc(-c4cccc(NC(=O)C5(c6ccccc6)CCCC5)c4)cs3)s2)cc(OC)c1OC. The van der Waals surface area contributed by atoms with Crippen LogP contribution in [0.25, 0.3) is 21.1 Å². The highest BCUT2D eigenvalue weighted by Crippen LogP contribution is 2.44. The van der Waals surface area contributed by atoms with Gasteiger partial charge in [-0.15, -0.1) is 11.3 Å². The molecule has 0 bridgehead atoms. The molecule has 0 atom stereocenters. The van der Waals surface area contributed by atoms with Gasteiger partial charge in [-0.05, 0) is 30.5 Å². The van der Waals surface area contributed by atoms with Gasteiger partial charge < -0.3 is 30.6 Å². The summed E-state index contributed by atoms with van der Waals surface area (Å²) >= 11 is 2.90. The highest BCUT2D eigenvalue weighted by atomic mass is 32.1. The van der Waals surface area contributed by atoms with Crippen molar-refractivity contribution >= 4 is 50.9 Å². The fourth-order valence-corrected chi connectivity index (χ4v) is 7.55. The maximum Gasteiger partial charge on any atom is 0.235 e. The molecule has 0 unspecified atom stereocenters. The number of amides is 1. The second-order valence-electron chi connectivity index (χ2n) is 10.5. The van der Waals surface area contributed by atoms with Gasteiger partial charge in [0.15, 0.2) is 16.6 Å². The van der Waals surface area contributed by atoms with Crippen LogP contribution < -0.4 is 30.6 Å². The molecule has 0 aliphatic heterocycles. The Morgan fingerprint density at radius 1 is 0.886 bits per heavy atom. The Morgan fingerprint density at radius 3 is 2.30 bits per heavy atom. The molecule has 2 aromatic heterocycles. The van der Waals surface area contributed by atoms with Gasteiger partial charge in [0, 0.05) is 34.5 Å². The topological polar surface area (TPSA) is 121 Å². The van der Waals surface area contributed by atoms with E-state index in [2.05, 4.69) is 27.8 Å². The van der Waals surface area contributed by atoms with Crippen molar-refractivity contribution in [3.63, 3.8) is 0 Å². The zero-order valence-electron chi connectivity index (χ0n) is 24.7. The van der Waals surface area contributed by atoms with Crippen LogP contribution in [0.1, 0.15) is 31.2 Å². The van der Waals surface area contributed by atoms with E-state index in [0.717, 1.165) is 58.1 Å². The van der Waals surface area contributed by atoms with Crippen LogP contribution in [0, 0.1) is 0 Å². The summed E-state index contributed by atoms with van der Waals surface area (Å²) in [5, 5.41) is 9.85. The number of nitrogens with two attached hydrogens (primary N) is 1. The van der Waals surface area contributed by atoms with E-state index in [9.17, 15) is 4.79 Å². The van der Waals surface area contributed by atoms with E-state index in [-0.39, 0.29) is 5.91 Å². The Bertz CT molecular complexity index is 1760. The number of nitrogen functional groups attached to an aromatic ring is 1. The zero-order valence-corrected chi connectivity index (χ0v) is 26.3. The summed E-state index contributed by atoms with van der Waals surface area (Å²) in [6.45, 7) is 0. The van der Waals surface area contributed by atoms with Gasteiger partial charge in [0.05, 0.1) is 32.4 Å². The zero-order chi connectivity index (χ0) is 30.7. The Hall–Kier alpha value is -4.61. The number of nitrogens with zero attached hydrogens (tertiary/aromatic N) is 2. The number of nitrogens with one attached hydrogen (secondary N) is 2. The lowest BCUT2D eigenvalue weighted by atomic mass is 9.78. The summed E-state index contributed by atoms with van der Waals surface area (Å²) in [4.78, 5) is 23.9. The first-order valence-corrected chi connectivity index (χ1v) is 15.9. The van der Waals surface area contributed by atoms with Crippen molar-refractivity contribution < 1.29 is 19.0 Å². The van der Waals surface area contributed by atoms with Gasteiger partial charge in [0.25, 0.3) is 0 Å². The first kappa shape index (κ1) is 29.5. The molecule has 4 N–H and O–H groups in total. The monoisotopic (exact) mass is 627 g/mol. The number of hydrogen-bond donors (Lipinski definition) is 3. The fraction of sp³-hybridized carbons (Fsp3) is 0.242. The molecular formula is C33H33N5O4S2. The fourth-order valence-electron chi connectivity index (χ4n) is 5.72. The molecule has 0 saturated heterocycles. The van der Waals surface area contributed by atoms with Crippen molar-refractivity contribution in [3.05, 3.63) is 77.7 Å². The third-order valence-corrected chi connectivity index (χ3v) is 9.88. The Morgan fingerprint density at radius 2 is 1.61 bits per heavy atom. The van der Waals surface area contributed by atoms with Crippen LogP contribution in [0.4, 0.5) is 22.3 Å². The smallest absolute Gasteiger partial charge is 0.235 e. The second-order valence-corrected chi connectivity index (χ2v) is 12.4. The van der Waals surface area contributed by atoms with Crippen molar-refractivity contribution in [1.29, 1.82) is 0 Å². The van der Waals surface area contributed by atoms with Gasteiger partial charge in [-0.1, -0.05) is 66.6 Å². The molecule has 0 radical (unpaired) electrons. The average Bonchev–Trinajstić information content (AvgIpc) is 3.82. The summed E-state index contributed by atoms with van der Waals surface area (Å²) in [6.07, 6.45) is 3.80. The van der Waals surface area contributed by atoms with Crippen molar-refractivity contribution in [1.82, 2.24) is 9.97 Å². The second kappa shape index (κ2) is 12.6. The number of aromatic nitrogens is 2. The first-order chi connectivity index (χ1) is 21.4. The van der Waals surface area contributed by atoms with Crippen LogP contribution in [-0.4, -0.2) is 37.2 Å². The van der Waals surface area contributed by atoms with Crippen LogP contribution in [0.3, 0.4) is 0 Å². The van der Waals surface area contributed by atoms with E-state index < -0.39 is 5.41 Å². The number of anilines is 4. The third kappa shape index (κ3) is 5.68. The molecule has 6 rings (SSSR count). The Kier molecular flexibility index (Phi) is 8.40. The third-order valence-electron chi connectivity index (χ3n) is 7.90. The van der Waals surface area contributed by atoms with Crippen LogP contribution in [0.2, 0.25) is 0 Å². The number of carbonyl (C=O) groups is 1. The molecule has 3 aromatic carbocycles. The van der Waals surface area contributed by atoms with Crippen LogP contribution >= 0.6 is 22.7 Å². The predicted molar refractivity (Wildman–Crippen MR) is 178 cm³/mol. The van der Waals surface area contributed by atoms with E-state index in [1.807, 2.05) is 47.8 Å². The quantitative estimate of drug-likeness (QED) is 0.144. The summed E-state index contributed by atoms with van der Waals surface area (Å²) < 4.78 is 16.3. The molecular weight excluding hydrogens is 595 g/mol. The molecule has 9 nitrogen and oxygen atoms in total. The molecule has 2 heterocycles. The van der Waals surface area contributed by atoms with Crippen molar-refractivity contribution in [3.8, 4) is 38.4 Å². The van der Waals surface area contributed by atoms with Crippen LogP contribution in [-0.2, 0) is 10.2 Å². The van der Waals surface area contributed by atoms with E-state index in [0.29, 0.717) is 33.9 Å². The number of ether oxygens (including phenoxy) is 3. The van der Waals surface area contributed by atoms with E-state index in [1.165, 1.54) is 22.7 Å². The van der Waals surface area contributed by atoms with Gasteiger partial charge in [-0.2, -0.15) is 0 Å². The summed E-state index contributed by atoms with van der Waals surface area (Å²) in [5.41, 5.74) is 10.1. The molecule has 11 heteroatoms. The molecule has 0 spiro atoms. The number of carbonyl (C=O) groups excluding carboxylic acids is 1. The molecule has 1 aliphatic rings. The number of thiazole rings is 2. The van der Waals surface area contributed by atoms with Gasteiger partial charge in [0.1, 0.15) is 15.7 Å². The summed E-state index contributed by atoms with van der Waals surface area (Å²) in [6, 6.07) is 21.6. The normalized spacial score (nSPS) is 13.8. The highest BCUT2D eigenvalue weighted by Gasteiger charge is 2.42. The maximum atomic E-state index is 13.7. The number of methoxy groups -OCH3 is 3. The molecule has 1 fully saturated rings. The Labute approximate surface area is 264 Å². The van der Waals surface area contributed by atoms with Crippen LogP contribution in [0.15, 0.2) is 72.1 Å². The minimum absolute atomic E-state index is 0.0434. The molecule has 44 heavy (non-hydrogen) atoms.